The molecule has 6 aromatic carbocycles. The molecule has 8 rings (SSSR count). The van der Waals surface area contributed by atoms with Crippen molar-refractivity contribution in [2.24, 2.45) is 0 Å². The first kappa shape index (κ1) is 42.5. The van der Waals surface area contributed by atoms with E-state index in [2.05, 4.69) is 9.97 Å². The average Bonchev–Trinajstić information content (AvgIpc) is 3.84. The number of fused-ring (bicyclic) bond motifs is 2. The molecule has 2 unspecified atom stereocenters. The Labute approximate surface area is 338 Å². The molecular weight excluding hydrogens is 800 g/mol. The van der Waals surface area contributed by atoms with Crippen LogP contribution >= 0.6 is 23.2 Å². The number of oxazole rings is 2. The van der Waals surface area contributed by atoms with Gasteiger partial charge in [0, 0.05) is 21.2 Å². The van der Waals surface area contributed by atoms with Gasteiger partial charge in [-0.1, -0.05) is 91.3 Å². The second-order valence-electron chi connectivity index (χ2n) is 11.9. The number of carboxylic acid groups (broad SMARTS) is 2. The number of benzene rings is 6. The van der Waals surface area contributed by atoms with E-state index in [0.29, 0.717) is 22.2 Å². The molecule has 0 radical (unpaired) electrons. The fourth-order valence-electron chi connectivity index (χ4n) is 5.30. The van der Waals surface area contributed by atoms with Crippen LogP contribution in [-0.2, 0) is 9.59 Å². The highest BCUT2D eigenvalue weighted by atomic mass is 35.5. The molecule has 0 aliphatic rings. The number of carboxylic acids is 2. The number of aliphatic carboxylic acids is 2. The number of rotatable bonds is 8. The minimum absolute atomic E-state index is 0. The predicted octanol–water partition coefficient (Wildman–Crippen LogP) is 11.4. The number of aromatic nitrogens is 2. The van der Waals surface area contributed by atoms with Crippen LogP contribution in [0.25, 0.3) is 45.1 Å². The average molecular weight is 832 g/mol. The van der Waals surface area contributed by atoms with Gasteiger partial charge in [-0.05, 0) is 72.8 Å². The van der Waals surface area contributed by atoms with Crippen molar-refractivity contribution < 1.29 is 51.7 Å². The summed E-state index contributed by atoms with van der Waals surface area (Å²) in [6.07, 6.45) is -2.93. The van der Waals surface area contributed by atoms with Gasteiger partial charge in [-0.3, -0.25) is 0 Å². The van der Waals surface area contributed by atoms with Crippen molar-refractivity contribution in [3.8, 4) is 28.7 Å². The molecule has 2 atom stereocenters. The van der Waals surface area contributed by atoms with E-state index < -0.39 is 41.6 Å². The zero-order valence-electron chi connectivity index (χ0n) is 29.0. The summed E-state index contributed by atoms with van der Waals surface area (Å²) in [4.78, 5) is 30.6. The Morgan fingerprint density at radius 3 is 1.59 bits per heavy atom. The first-order chi connectivity index (χ1) is 27.4. The fourth-order valence-corrected chi connectivity index (χ4v) is 5.77. The number of para-hydroxylation sites is 4. The van der Waals surface area contributed by atoms with E-state index >= 15 is 0 Å². The van der Waals surface area contributed by atoms with E-state index in [1.54, 1.807) is 84.9 Å². The second-order valence-corrected chi connectivity index (χ2v) is 12.7. The number of ether oxygens (including phenoxy) is 1. The lowest BCUT2D eigenvalue weighted by molar-refractivity contribution is -0.147. The second kappa shape index (κ2) is 19.0. The van der Waals surface area contributed by atoms with Gasteiger partial charge < -0.3 is 28.9 Å². The van der Waals surface area contributed by atoms with Crippen LogP contribution in [-0.4, -0.2) is 37.2 Å². The fraction of sp³-hybridized carbons (Fsp3) is 0.0698. The summed E-state index contributed by atoms with van der Waals surface area (Å²) in [6.45, 7) is 0. The zero-order chi connectivity index (χ0) is 40.6. The van der Waals surface area contributed by atoms with Gasteiger partial charge in [-0.15, -0.1) is 0 Å². The Hall–Kier alpha value is -6.67. The standard InChI is InChI=1S/C21H13ClFNO4.C13H7F2NO.C8H7ClO3.CH4/c22-15-6-2-1-5-13(15)19(21(25)26)27-17-10-9-12(23)11-14(17)20-24-16-7-3-4-8-18(16)28-20;14-8-5-6-10(15)9(7-8)13-16-11-3-1-2-4-12(11)17-13;9-6-4-2-1-3-5(6)7(10)8(11)12;/h1-11,19H,(H,25,26);1-7H;1-4,7,10H,(H,11,12);1H4. The van der Waals surface area contributed by atoms with Gasteiger partial charge in [0.15, 0.2) is 17.3 Å². The number of hydrogen-bond donors (Lipinski definition) is 3. The quantitative estimate of drug-likeness (QED) is 0.135. The maximum absolute atomic E-state index is 13.9. The van der Waals surface area contributed by atoms with Crippen molar-refractivity contribution in [3.05, 3.63) is 172 Å². The number of halogens is 5. The van der Waals surface area contributed by atoms with Crippen LogP contribution in [0.5, 0.6) is 5.75 Å². The van der Waals surface area contributed by atoms with E-state index in [4.69, 9.17) is 47.0 Å². The maximum atomic E-state index is 13.9. The number of hydrogen-bond acceptors (Lipinski definition) is 8. The topological polar surface area (TPSA) is 156 Å². The molecule has 0 bridgehead atoms. The molecular formula is C43H31Cl2F3N2O8. The van der Waals surface area contributed by atoms with E-state index in [1.165, 1.54) is 30.3 Å². The van der Waals surface area contributed by atoms with Gasteiger partial charge in [-0.2, -0.15) is 0 Å². The summed E-state index contributed by atoms with van der Waals surface area (Å²) in [5, 5.41) is 27.7. The van der Waals surface area contributed by atoms with Crippen molar-refractivity contribution in [1.29, 1.82) is 0 Å². The minimum Gasteiger partial charge on any atom is -0.479 e. The van der Waals surface area contributed by atoms with Crippen molar-refractivity contribution in [3.63, 3.8) is 0 Å². The molecule has 0 aliphatic heterocycles. The molecule has 58 heavy (non-hydrogen) atoms. The molecule has 2 aromatic heterocycles. The third kappa shape index (κ3) is 10.0. The van der Waals surface area contributed by atoms with Gasteiger partial charge in [0.25, 0.3) is 0 Å². The highest BCUT2D eigenvalue weighted by Gasteiger charge is 2.27. The lowest BCUT2D eigenvalue weighted by Gasteiger charge is -2.18. The molecule has 0 amide bonds. The van der Waals surface area contributed by atoms with Crippen LogP contribution in [0, 0.1) is 17.5 Å². The molecule has 8 aromatic rings. The SMILES string of the molecule is C.Fc1ccc(F)c(-c2nc3ccccc3o2)c1.O=C(O)C(O)c1ccccc1Cl.O=C(O)C(Oc1ccc(F)cc1-c1nc2ccccc2o1)c1ccccc1Cl. The molecule has 0 spiro atoms. The van der Waals surface area contributed by atoms with Gasteiger partial charge in [-0.25, -0.2) is 32.7 Å². The van der Waals surface area contributed by atoms with E-state index in [1.807, 2.05) is 0 Å². The Balaban J connectivity index is 0.000000182. The molecule has 10 nitrogen and oxygen atoms in total. The predicted molar refractivity (Wildman–Crippen MR) is 212 cm³/mol. The number of aliphatic hydroxyl groups excluding tert-OH is 1. The lowest BCUT2D eigenvalue weighted by Crippen LogP contribution is -2.19. The molecule has 3 N–H and O–H groups in total. The van der Waals surface area contributed by atoms with Crippen molar-refractivity contribution in [2.75, 3.05) is 0 Å². The highest BCUT2D eigenvalue weighted by Crippen LogP contribution is 2.36. The molecule has 0 aliphatic carbocycles. The Morgan fingerprint density at radius 1 is 0.603 bits per heavy atom. The summed E-state index contributed by atoms with van der Waals surface area (Å²) < 4.78 is 57.3. The molecule has 2 heterocycles. The van der Waals surface area contributed by atoms with Crippen molar-refractivity contribution in [1.82, 2.24) is 9.97 Å². The van der Waals surface area contributed by atoms with Gasteiger partial charge in [0.05, 0.1) is 11.1 Å². The Bertz CT molecular complexity index is 2640. The van der Waals surface area contributed by atoms with E-state index in [9.17, 15) is 27.9 Å². The number of nitrogens with zero attached hydrogens (tertiary/aromatic N) is 2. The van der Waals surface area contributed by atoms with E-state index in [-0.39, 0.29) is 57.3 Å². The van der Waals surface area contributed by atoms with Crippen molar-refractivity contribution >= 4 is 57.3 Å². The summed E-state index contributed by atoms with van der Waals surface area (Å²) in [5.41, 5.74) is 3.01. The van der Waals surface area contributed by atoms with Gasteiger partial charge in [0.2, 0.25) is 17.9 Å². The summed E-state index contributed by atoms with van der Waals surface area (Å²) in [5.74, 6) is -3.83. The molecule has 0 fully saturated rings. The first-order valence-electron chi connectivity index (χ1n) is 16.6. The van der Waals surface area contributed by atoms with Crippen LogP contribution in [0.2, 0.25) is 10.0 Å². The third-order valence-corrected chi connectivity index (χ3v) is 8.70. The summed E-state index contributed by atoms with van der Waals surface area (Å²) in [7, 11) is 0. The molecule has 0 saturated carbocycles. The molecule has 296 valence electrons. The Morgan fingerprint density at radius 2 is 1.07 bits per heavy atom. The monoisotopic (exact) mass is 830 g/mol. The van der Waals surface area contributed by atoms with Gasteiger partial charge >= 0.3 is 11.9 Å². The lowest BCUT2D eigenvalue weighted by atomic mass is 10.1. The first-order valence-corrected chi connectivity index (χ1v) is 17.4. The van der Waals surface area contributed by atoms with Crippen molar-refractivity contribution in [2.45, 2.75) is 19.6 Å². The number of carbonyl (C=O) groups is 2. The zero-order valence-corrected chi connectivity index (χ0v) is 30.5. The van der Waals surface area contributed by atoms with E-state index in [0.717, 1.165) is 18.2 Å². The number of aliphatic hydroxyl groups is 1. The normalized spacial score (nSPS) is 11.6. The highest BCUT2D eigenvalue weighted by molar-refractivity contribution is 6.32. The smallest absolute Gasteiger partial charge is 0.349 e. The van der Waals surface area contributed by atoms with Gasteiger partial charge in [0.1, 0.15) is 34.2 Å². The van der Waals surface area contributed by atoms with Crippen LogP contribution in [0.3, 0.4) is 0 Å². The minimum atomic E-state index is -1.54. The molecule has 0 saturated heterocycles. The summed E-state index contributed by atoms with van der Waals surface area (Å²) >= 11 is 11.8. The van der Waals surface area contributed by atoms with Crippen LogP contribution in [0.15, 0.2) is 142 Å². The maximum Gasteiger partial charge on any atom is 0.349 e. The molecule has 15 heteroatoms. The van der Waals surface area contributed by atoms with Crippen LogP contribution in [0.1, 0.15) is 30.8 Å². The summed E-state index contributed by atoms with van der Waals surface area (Å²) in [6, 6.07) is 33.8. The van der Waals surface area contributed by atoms with Crippen LogP contribution in [0.4, 0.5) is 13.2 Å². The Kier molecular flexibility index (Phi) is 13.9. The largest absolute Gasteiger partial charge is 0.479 e. The van der Waals surface area contributed by atoms with Crippen LogP contribution < -0.4 is 4.74 Å². The third-order valence-electron chi connectivity index (χ3n) is 8.01.